The maximum absolute atomic E-state index is 11.0. The van der Waals surface area contributed by atoms with Crippen LogP contribution in [0.5, 0.6) is 0 Å². The maximum atomic E-state index is 11.0. The fourth-order valence-corrected chi connectivity index (χ4v) is 2.10. The van der Waals surface area contributed by atoms with Crippen LogP contribution in [0.2, 0.25) is 15.1 Å². The van der Waals surface area contributed by atoms with Gasteiger partial charge in [0.15, 0.2) is 6.29 Å². The Morgan fingerprint density at radius 2 is 1.76 bits per heavy atom. The molecule has 0 aliphatic rings. The Kier molecular flexibility index (Phi) is 3.67. The number of halogens is 3. The number of carbonyl (C=O) groups excluding carboxylic acids is 1. The third-order valence-electron chi connectivity index (χ3n) is 2.30. The number of aromatic nitrogens is 1. The van der Waals surface area contributed by atoms with E-state index in [4.69, 9.17) is 34.8 Å². The number of benzene rings is 1. The fourth-order valence-electron chi connectivity index (χ4n) is 1.49. The van der Waals surface area contributed by atoms with Crippen molar-refractivity contribution in [1.82, 2.24) is 4.98 Å². The van der Waals surface area contributed by atoms with Gasteiger partial charge in [0.2, 0.25) is 0 Å². The van der Waals surface area contributed by atoms with Gasteiger partial charge in [-0.25, -0.2) is 0 Å². The molecule has 0 fully saturated rings. The molecule has 5 heteroatoms. The summed E-state index contributed by atoms with van der Waals surface area (Å²) in [5.41, 5.74) is 1.56. The molecule has 86 valence electrons. The molecule has 0 N–H and O–H groups in total. The van der Waals surface area contributed by atoms with Crippen molar-refractivity contribution >= 4 is 41.1 Å². The van der Waals surface area contributed by atoms with Crippen LogP contribution < -0.4 is 0 Å². The van der Waals surface area contributed by atoms with E-state index in [9.17, 15) is 4.79 Å². The van der Waals surface area contributed by atoms with Crippen LogP contribution in [0.1, 0.15) is 10.4 Å². The summed E-state index contributed by atoms with van der Waals surface area (Å²) in [7, 11) is 0. The van der Waals surface area contributed by atoms with E-state index in [0.717, 1.165) is 0 Å². The van der Waals surface area contributed by atoms with Crippen LogP contribution in [0, 0.1) is 0 Å². The highest BCUT2D eigenvalue weighted by Gasteiger charge is 2.13. The van der Waals surface area contributed by atoms with E-state index >= 15 is 0 Å². The molecule has 1 heterocycles. The van der Waals surface area contributed by atoms with Crippen LogP contribution in [0.3, 0.4) is 0 Å². The Hall–Kier alpha value is -1.09. The predicted octanol–water partition coefficient (Wildman–Crippen LogP) is 4.52. The van der Waals surface area contributed by atoms with Crippen molar-refractivity contribution in [2.24, 2.45) is 0 Å². The first-order chi connectivity index (χ1) is 8.15. The molecule has 0 atom stereocenters. The van der Waals surface area contributed by atoms with Gasteiger partial charge in [-0.3, -0.25) is 9.78 Å². The molecule has 17 heavy (non-hydrogen) atoms. The number of hydrogen-bond acceptors (Lipinski definition) is 2. The maximum Gasteiger partial charge on any atom is 0.152 e. The molecule has 2 aromatic rings. The summed E-state index contributed by atoms with van der Waals surface area (Å²) in [6.07, 6.45) is 3.62. The van der Waals surface area contributed by atoms with Gasteiger partial charge in [-0.05, 0) is 6.07 Å². The number of nitrogens with zero attached hydrogens (tertiary/aromatic N) is 1. The molecule has 0 radical (unpaired) electrons. The highest BCUT2D eigenvalue weighted by molar-refractivity contribution is 6.44. The molecule has 0 unspecified atom stereocenters. The topological polar surface area (TPSA) is 30.0 Å². The Morgan fingerprint density at radius 3 is 2.47 bits per heavy atom. The number of hydrogen-bond donors (Lipinski definition) is 0. The first kappa shape index (κ1) is 12.4. The van der Waals surface area contributed by atoms with Gasteiger partial charge in [-0.2, -0.15) is 0 Å². The van der Waals surface area contributed by atoms with Crippen molar-refractivity contribution in [2.75, 3.05) is 0 Å². The lowest BCUT2D eigenvalue weighted by Gasteiger charge is -2.08. The third-order valence-corrected chi connectivity index (χ3v) is 3.42. The molecule has 1 aromatic carbocycles. The summed E-state index contributed by atoms with van der Waals surface area (Å²) in [5.74, 6) is 0. The van der Waals surface area contributed by atoms with Crippen molar-refractivity contribution in [3.63, 3.8) is 0 Å². The summed E-state index contributed by atoms with van der Waals surface area (Å²) in [6, 6.07) is 5.18. The minimum atomic E-state index is 0.286. The lowest BCUT2D eigenvalue weighted by Crippen LogP contribution is -1.91. The van der Waals surface area contributed by atoms with Crippen LogP contribution in [0.25, 0.3) is 11.1 Å². The van der Waals surface area contributed by atoms with Gasteiger partial charge in [0.05, 0.1) is 15.1 Å². The Balaban J connectivity index is 2.73. The van der Waals surface area contributed by atoms with Crippen molar-refractivity contribution in [3.05, 3.63) is 51.2 Å². The molecule has 0 aliphatic heterocycles. The van der Waals surface area contributed by atoms with Crippen LogP contribution in [0.15, 0.2) is 30.6 Å². The zero-order chi connectivity index (χ0) is 12.4. The summed E-state index contributed by atoms with van der Waals surface area (Å²) in [6.45, 7) is 0. The minimum absolute atomic E-state index is 0.286. The van der Waals surface area contributed by atoms with Crippen LogP contribution in [-0.4, -0.2) is 11.3 Å². The van der Waals surface area contributed by atoms with E-state index in [1.807, 2.05) is 0 Å². The van der Waals surface area contributed by atoms with Crippen LogP contribution >= 0.6 is 34.8 Å². The van der Waals surface area contributed by atoms with Gasteiger partial charge in [0, 0.05) is 29.1 Å². The third kappa shape index (κ3) is 2.29. The molecule has 2 rings (SSSR count). The summed E-state index contributed by atoms with van der Waals surface area (Å²) < 4.78 is 0. The van der Waals surface area contributed by atoms with E-state index in [0.29, 0.717) is 33.0 Å². The number of rotatable bonds is 2. The normalized spacial score (nSPS) is 10.3. The second-order valence-corrected chi connectivity index (χ2v) is 4.49. The minimum Gasteiger partial charge on any atom is -0.298 e. The molecular formula is C12H6Cl3NO. The van der Waals surface area contributed by atoms with Crippen molar-refractivity contribution in [1.29, 1.82) is 0 Å². The number of aldehydes is 1. The molecule has 1 aromatic heterocycles. The Bertz CT molecular complexity index is 584. The molecular weight excluding hydrogens is 280 g/mol. The molecule has 0 amide bonds. The summed E-state index contributed by atoms with van der Waals surface area (Å²) in [5, 5.41) is 1.08. The van der Waals surface area contributed by atoms with Crippen molar-refractivity contribution < 1.29 is 4.79 Å². The largest absolute Gasteiger partial charge is 0.298 e. The van der Waals surface area contributed by atoms with Gasteiger partial charge in [-0.1, -0.05) is 46.9 Å². The van der Waals surface area contributed by atoms with E-state index in [-0.39, 0.29) is 5.02 Å². The van der Waals surface area contributed by atoms with E-state index < -0.39 is 0 Å². The van der Waals surface area contributed by atoms with E-state index in [1.54, 1.807) is 18.2 Å². The fraction of sp³-hybridized carbons (Fsp3) is 0. The van der Waals surface area contributed by atoms with Gasteiger partial charge in [0.1, 0.15) is 0 Å². The van der Waals surface area contributed by atoms with E-state index in [2.05, 4.69) is 4.98 Å². The summed E-state index contributed by atoms with van der Waals surface area (Å²) >= 11 is 17.9. The van der Waals surface area contributed by atoms with Gasteiger partial charge >= 0.3 is 0 Å². The monoisotopic (exact) mass is 285 g/mol. The Morgan fingerprint density at radius 1 is 1.00 bits per heavy atom. The zero-order valence-electron chi connectivity index (χ0n) is 8.45. The first-order valence-corrected chi connectivity index (χ1v) is 5.81. The second-order valence-electron chi connectivity index (χ2n) is 3.30. The smallest absolute Gasteiger partial charge is 0.152 e. The highest BCUT2D eigenvalue weighted by atomic mass is 35.5. The van der Waals surface area contributed by atoms with Crippen LogP contribution in [0.4, 0.5) is 0 Å². The molecule has 0 spiro atoms. The molecule has 0 saturated carbocycles. The molecule has 0 saturated heterocycles. The average Bonchev–Trinajstić information content (AvgIpc) is 2.32. The molecule has 2 nitrogen and oxygen atoms in total. The van der Waals surface area contributed by atoms with Crippen molar-refractivity contribution in [3.8, 4) is 11.1 Å². The van der Waals surface area contributed by atoms with Gasteiger partial charge in [0.25, 0.3) is 0 Å². The average molecular weight is 287 g/mol. The zero-order valence-corrected chi connectivity index (χ0v) is 10.7. The van der Waals surface area contributed by atoms with Crippen LogP contribution in [-0.2, 0) is 0 Å². The van der Waals surface area contributed by atoms with Gasteiger partial charge in [-0.15, -0.1) is 0 Å². The quantitative estimate of drug-likeness (QED) is 0.760. The molecule has 0 aliphatic carbocycles. The molecule has 0 bridgehead atoms. The number of carbonyl (C=O) groups is 1. The Labute approximate surface area is 113 Å². The first-order valence-electron chi connectivity index (χ1n) is 4.68. The number of pyridine rings is 1. The predicted molar refractivity (Wildman–Crippen MR) is 70.1 cm³/mol. The lowest BCUT2D eigenvalue weighted by molar-refractivity contribution is 0.112. The van der Waals surface area contributed by atoms with Gasteiger partial charge < -0.3 is 0 Å². The second kappa shape index (κ2) is 5.05. The summed E-state index contributed by atoms with van der Waals surface area (Å²) in [4.78, 5) is 15.0. The lowest BCUT2D eigenvalue weighted by atomic mass is 10.0. The highest BCUT2D eigenvalue weighted by Crippen LogP contribution is 2.35. The van der Waals surface area contributed by atoms with E-state index in [1.165, 1.54) is 12.4 Å². The van der Waals surface area contributed by atoms with Crippen molar-refractivity contribution in [2.45, 2.75) is 0 Å². The standard InChI is InChI=1S/C12H6Cl3NO/c13-10-3-1-2-7(12(10)15)8-4-16-5-11(14)9(8)6-17/h1-6H. The SMILES string of the molecule is O=Cc1c(Cl)cncc1-c1cccc(Cl)c1Cl.